The van der Waals surface area contributed by atoms with Crippen LogP contribution in [0.5, 0.6) is 0 Å². The predicted molar refractivity (Wildman–Crippen MR) is 155 cm³/mol. The van der Waals surface area contributed by atoms with Crippen LogP contribution in [0.1, 0.15) is 114 Å². The molecule has 2 spiro atoms. The van der Waals surface area contributed by atoms with Gasteiger partial charge >= 0.3 is 11.9 Å². The van der Waals surface area contributed by atoms with Gasteiger partial charge in [-0.3, -0.25) is 9.59 Å². The molecule has 8 nitrogen and oxygen atoms in total. The second-order valence-electron chi connectivity index (χ2n) is 17.0. The second kappa shape index (κ2) is 8.95. The molecule has 0 radical (unpaired) electrons. The van der Waals surface area contributed by atoms with Gasteiger partial charge in [-0.2, -0.15) is 0 Å². The van der Waals surface area contributed by atoms with E-state index in [1.54, 1.807) is 13.8 Å². The van der Waals surface area contributed by atoms with Crippen molar-refractivity contribution in [2.45, 2.75) is 155 Å². The molecular weight excluding hydrogens is 536 g/mol. The molecule has 0 aromatic rings. The molecule has 5 aliphatic carbocycles. The topological polar surface area (TPSA) is 123 Å². The van der Waals surface area contributed by atoms with Gasteiger partial charge in [0.25, 0.3) is 0 Å². The van der Waals surface area contributed by atoms with E-state index in [0.717, 1.165) is 32.1 Å². The summed E-state index contributed by atoms with van der Waals surface area (Å²) in [5.41, 5.74) is -3.66. The minimum absolute atomic E-state index is 0.0412. The minimum Gasteiger partial charge on any atom is -0.458 e. The molecule has 1 heterocycles. The van der Waals surface area contributed by atoms with Crippen molar-refractivity contribution in [2.24, 2.45) is 44.8 Å². The van der Waals surface area contributed by atoms with E-state index in [-0.39, 0.29) is 28.3 Å². The number of aliphatic hydroxyl groups is 3. The Bertz CT molecular complexity index is 1160. The van der Waals surface area contributed by atoms with Gasteiger partial charge in [-0.05, 0) is 100 Å². The Hall–Kier alpha value is -1.22. The fraction of sp³-hybridized carbons (Fsp3) is 0.941. The number of fused-ring (bicyclic) bond motifs is 2. The third kappa shape index (κ3) is 3.61. The lowest BCUT2D eigenvalue weighted by Crippen LogP contribution is -2.65. The van der Waals surface area contributed by atoms with Crippen LogP contribution < -0.4 is 0 Å². The normalized spacial score (nSPS) is 54.2. The number of rotatable bonds is 4. The number of ether oxygens (including phenoxy) is 3. The van der Waals surface area contributed by atoms with Gasteiger partial charge in [0, 0.05) is 30.6 Å². The predicted octanol–water partition coefficient (Wildman–Crippen LogP) is 4.55. The molecule has 6 fully saturated rings. The van der Waals surface area contributed by atoms with Crippen LogP contribution in [0, 0.1) is 44.8 Å². The van der Waals surface area contributed by atoms with Gasteiger partial charge in [0.1, 0.15) is 12.2 Å². The number of carbonyl (C=O) groups is 2. The second-order valence-corrected chi connectivity index (χ2v) is 17.0. The first kappa shape index (κ1) is 30.8. The maximum atomic E-state index is 12.8. The van der Waals surface area contributed by atoms with E-state index >= 15 is 0 Å². The van der Waals surface area contributed by atoms with Gasteiger partial charge in [0.2, 0.25) is 0 Å². The van der Waals surface area contributed by atoms with Crippen molar-refractivity contribution in [3.05, 3.63) is 0 Å². The molecule has 0 unspecified atom stereocenters. The number of hydrogen-bond acceptors (Lipinski definition) is 8. The number of aliphatic hydroxyl groups excluding tert-OH is 2. The minimum atomic E-state index is -1.06. The Morgan fingerprint density at radius 1 is 0.810 bits per heavy atom. The molecule has 238 valence electrons. The van der Waals surface area contributed by atoms with Crippen molar-refractivity contribution in [1.82, 2.24) is 0 Å². The Balaban J connectivity index is 1.50. The highest BCUT2D eigenvalue weighted by Crippen LogP contribution is 2.89. The van der Waals surface area contributed by atoms with Crippen molar-refractivity contribution in [3.63, 3.8) is 0 Å². The van der Waals surface area contributed by atoms with Crippen molar-refractivity contribution in [2.75, 3.05) is 0 Å². The molecule has 5 saturated carbocycles. The molecule has 6 rings (SSSR count). The Kier molecular flexibility index (Phi) is 6.56. The van der Waals surface area contributed by atoms with Gasteiger partial charge in [-0.1, -0.05) is 27.7 Å². The van der Waals surface area contributed by atoms with Crippen LogP contribution in [-0.4, -0.2) is 69.0 Å². The highest BCUT2D eigenvalue weighted by atomic mass is 16.6. The molecule has 8 heteroatoms. The maximum absolute atomic E-state index is 12.8. The SMILES string of the molecule is CC(=O)O[C@H]1[C@H](OC(C)=O)[C@@]2(C)[C@@H]3CC[C@H]4C(C)(C)[C@@H](O)CC[C@@]45C[C@@]35C[C@@H](O)[C@]2(C)[C@H]1[C@]1(C)CC[C@H](C(C)(C)O)O1. The Morgan fingerprint density at radius 2 is 1.43 bits per heavy atom. The molecule has 3 N–H and O–H groups in total. The number of esters is 2. The van der Waals surface area contributed by atoms with Gasteiger partial charge in [0.05, 0.1) is 29.5 Å². The van der Waals surface area contributed by atoms with Crippen molar-refractivity contribution in [3.8, 4) is 0 Å². The molecule has 0 aromatic carbocycles. The Morgan fingerprint density at radius 3 is 2.00 bits per heavy atom. The summed E-state index contributed by atoms with van der Waals surface area (Å²) in [4.78, 5) is 25.5. The summed E-state index contributed by atoms with van der Waals surface area (Å²) in [6.45, 7) is 17.1. The van der Waals surface area contributed by atoms with Crippen LogP contribution in [0.15, 0.2) is 0 Å². The van der Waals surface area contributed by atoms with E-state index < -0.39 is 64.3 Å². The number of carbonyl (C=O) groups excluding carboxylic acids is 2. The van der Waals surface area contributed by atoms with E-state index in [1.807, 2.05) is 6.92 Å². The summed E-state index contributed by atoms with van der Waals surface area (Å²) in [5, 5.41) is 34.5. The first-order valence-electron chi connectivity index (χ1n) is 16.3. The average Bonchev–Trinajstić information content (AvgIpc) is 3.25. The monoisotopic (exact) mass is 590 g/mol. The van der Waals surface area contributed by atoms with Crippen LogP contribution >= 0.6 is 0 Å². The smallest absolute Gasteiger partial charge is 0.303 e. The van der Waals surface area contributed by atoms with Gasteiger partial charge in [-0.25, -0.2) is 0 Å². The van der Waals surface area contributed by atoms with Crippen LogP contribution in [0.3, 0.4) is 0 Å². The molecular formula is C34H54O8. The molecule has 0 amide bonds. The fourth-order valence-corrected chi connectivity index (χ4v) is 12.7. The van der Waals surface area contributed by atoms with Crippen molar-refractivity contribution in [1.29, 1.82) is 0 Å². The lowest BCUT2D eigenvalue weighted by atomic mass is 9.40. The summed E-state index contributed by atoms with van der Waals surface area (Å²) in [5.74, 6) is -0.832. The fourth-order valence-electron chi connectivity index (χ4n) is 12.7. The highest BCUT2D eigenvalue weighted by Gasteiger charge is 2.87. The molecule has 42 heavy (non-hydrogen) atoms. The molecule has 0 bridgehead atoms. The molecule has 6 aliphatic rings. The summed E-state index contributed by atoms with van der Waals surface area (Å²) >= 11 is 0. The first-order valence-corrected chi connectivity index (χ1v) is 16.3. The third-order valence-electron chi connectivity index (χ3n) is 14.6. The van der Waals surface area contributed by atoms with Crippen molar-refractivity contribution < 1.29 is 39.1 Å². The van der Waals surface area contributed by atoms with Crippen LogP contribution in [0.4, 0.5) is 0 Å². The van der Waals surface area contributed by atoms with Crippen LogP contribution in [-0.2, 0) is 23.8 Å². The van der Waals surface area contributed by atoms with Crippen LogP contribution in [0.25, 0.3) is 0 Å². The quantitative estimate of drug-likeness (QED) is 0.408. The van der Waals surface area contributed by atoms with Gasteiger partial charge < -0.3 is 29.5 Å². The molecule has 1 saturated heterocycles. The largest absolute Gasteiger partial charge is 0.458 e. The first-order chi connectivity index (χ1) is 19.2. The van der Waals surface area contributed by atoms with Gasteiger partial charge in [-0.15, -0.1) is 0 Å². The van der Waals surface area contributed by atoms with Gasteiger partial charge in [0.15, 0.2) is 0 Å². The number of hydrogen-bond donors (Lipinski definition) is 3. The Labute approximate surface area is 251 Å². The molecule has 0 aromatic heterocycles. The maximum Gasteiger partial charge on any atom is 0.303 e. The summed E-state index contributed by atoms with van der Waals surface area (Å²) in [6, 6.07) is 0. The zero-order valence-electron chi connectivity index (χ0n) is 27.2. The standard InChI is InChI=1S/C34H54O8/c1-18(35)40-25-26(30(7)14-13-24(42-30)29(5,6)39)32(9)23(38)16-34-17-33(34)15-12-22(37)28(3,4)20(33)10-11-21(34)31(32,8)27(25)41-19(2)36/h20-27,37-39H,10-17H2,1-9H3/t20-,21-,22-,23+,24+,25+,26+,27-,30-,31+,32+,33+,34-/m0/s1. The van der Waals surface area contributed by atoms with E-state index in [2.05, 4.69) is 27.7 Å². The summed E-state index contributed by atoms with van der Waals surface area (Å²) in [7, 11) is 0. The zero-order chi connectivity index (χ0) is 31.1. The summed E-state index contributed by atoms with van der Waals surface area (Å²) in [6.07, 6.45) is 3.49. The molecule has 13 atom stereocenters. The van der Waals surface area contributed by atoms with E-state index in [0.29, 0.717) is 25.2 Å². The lowest BCUT2D eigenvalue weighted by Gasteiger charge is -2.65. The summed E-state index contributed by atoms with van der Waals surface area (Å²) < 4.78 is 19.2. The van der Waals surface area contributed by atoms with E-state index in [1.165, 1.54) is 13.8 Å². The lowest BCUT2D eigenvalue weighted by molar-refractivity contribution is -0.241. The molecule has 1 aliphatic heterocycles. The zero-order valence-corrected chi connectivity index (χ0v) is 27.2. The average molecular weight is 591 g/mol. The van der Waals surface area contributed by atoms with E-state index in [9.17, 15) is 24.9 Å². The van der Waals surface area contributed by atoms with E-state index in [4.69, 9.17) is 14.2 Å². The third-order valence-corrected chi connectivity index (χ3v) is 14.6. The van der Waals surface area contributed by atoms with Crippen molar-refractivity contribution >= 4 is 11.9 Å². The highest BCUT2D eigenvalue weighted by molar-refractivity contribution is 5.68. The van der Waals surface area contributed by atoms with Crippen LogP contribution in [0.2, 0.25) is 0 Å².